The molecule has 0 saturated heterocycles. The predicted octanol–water partition coefficient (Wildman–Crippen LogP) is 4.10. The number of furan rings is 1. The second-order valence-corrected chi connectivity index (χ2v) is 4.85. The molecule has 15 heavy (non-hydrogen) atoms. The quantitative estimate of drug-likeness (QED) is 0.707. The molecule has 1 heterocycles. The van der Waals surface area contributed by atoms with E-state index in [-0.39, 0.29) is 5.54 Å². The van der Waals surface area contributed by atoms with Crippen molar-refractivity contribution in [1.29, 1.82) is 0 Å². The molecule has 1 aliphatic carbocycles. The van der Waals surface area contributed by atoms with Crippen molar-refractivity contribution in [3.05, 3.63) is 45.9 Å². The number of nitrogens with zero attached hydrogens (tertiary/aromatic N) is 1. The third kappa shape index (κ3) is 1.22. The van der Waals surface area contributed by atoms with Crippen LogP contribution in [0.1, 0.15) is 18.4 Å². The minimum absolute atomic E-state index is 0.279. The number of hydrogen-bond donors (Lipinski definition) is 0. The highest BCUT2D eigenvalue weighted by Crippen LogP contribution is 2.52. The van der Waals surface area contributed by atoms with E-state index in [0.717, 1.165) is 33.8 Å². The lowest BCUT2D eigenvalue weighted by Crippen LogP contribution is -1.97. The summed E-state index contributed by atoms with van der Waals surface area (Å²) >= 11 is 3.40. The van der Waals surface area contributed by atoms with E-state index < -0.39 is 0 Å². The van der Waals surface area contributed by atoms with Gasteiger partial charge in [0.1, 0.15) is 11.8 Å². The molecular formula is C12H8BrNO. The minimum Gasteiger partial charge on any atom is -0.464 e. The van der Waals surface area contributed by atoms with E-state index in [1.165, 1.54) is 0 Å². The SMILES string of the molecule is [C-]#[N+]C1(c2coc3cc(Br)ccc23)CC1. The second-order valence-electron chi connectivity index (χ2n) is 3.93. The zero-order valence-corrected chi connectivity index (χ0v) is 9.54. The highest BCUT2D eigenvalue weighted by Gasteiger charge is 2.54. The standard InChI is InChI=1S/C12H8BrNO/c1-14-12(4-5-12)10-7-15-11-6-8(13)2-3-9(10)11/h2-3,6-7H,4-5H2. The molecule has 1 saturated carbocycles. The van der Waals surface area contributed by atoms with Crippen molar-refractivity contribution in [2.24, 2.45) is 0 Å². The van der Waals surface area contributed by atoms with Gasteiger partial charge in [-0.15, -0.1) is 0 Å². The van der Waals surface area contributed by atoms with Crippen molar-refractivity contribution in [2.45, 2.75) is 18.4 Å². The molecule has 3 rings (SSSR count). The monoisotopic (exact) mass is 261 g/mol. The summed E-state index contributed by atoms with van der Waals surface area (Å²) in [6, 6.07) is 5.95. The summed E-state index contributed by atoms with van der Waals surface area (Å²) < 4.78 is 6.49. The van der Waals surface area contributed by atoms with E-state index in [9.17, 15) is 0 Å². The Labute approximate surface area is 95.8 Å². The number of halogens is 1. The van der Waals surface area contributed by atoms with E-state index in [4.69, 9.17) is 11.0 Å². The van der Waals surface area contributed by atoms with Crippen LogP contribution in [0.4, 0.5) is 0 Å². The number of benzene rings is 1. The molecule has 0 bridgehead atoms. The fraction of sp³-hybridized carbons (Fsp3) is 0.250. The fourth-order valence-corrected chi connectivity index (χ4v) is 2.26. The zero-order chi connectivity index (χ0) is 10.5. The van der Waals surface area contributed by atoms with Crippen molar-refractivity contribution in [2.75, 3.05) is 0 Å². The normalized spacial score (nSPS) is 17.6. The molecule has 0 aliphatic heterocycles. The molecule has 0 N–H and O–H groups in total. The first kappa shape index (κ1) is 8.99. The van der Waals surface area contributed by atoms with Crippen LogP contribution in [0, 0.1) is 6.57 Å². The van der Waals surface area contributed by atoms with Gasteiger partial charge in [0.05, 0.1) is 5.56 Å². The van der Waals surface area contributed by atoms with Crippen molar-refractivity contribution < 1.29 is 4.42 Å². The molecule has 1 aliphatic rings. The van der Waals surface area contributed by atoms with Gasteiger partial charge in [-0.25, -0.2) is 6.57 Å². The molecule has 0 atom stereocenters. The van der Waals surface area contributed by atoms with Crippen LogP contribution in [-0.4, -0.2) is 0 Å². The van der Waals surface area contributed by atoms with Crippen LogP contribution in [0.25, 0.3) is 15.8 Å². The Balaban J connectivity index is 2.26. The lowest BCUT2D eigenvalue weighted by atomic mass is 10.1. The molecule has 1 aromatic carbocycles. The maximum atomic E-state index is 7.24. The van der Waals surface area contributed by atoms with E-state index in [0.29, 0.717) is 0 Å². The topological polar surface area (TPSA) is 17.5 Å². The maximum absolute atomic E-state index is 7.24. The Morgan fingerprint density at radius 2 is 2.20 bits per heavy atom. The molecule has 74 valence electrons. The zero-order valence-electron chi connectivity index (χ0n) is 7.96. The van der Waals surface area contributed by atoms with Gasteiger partial charge in [-0.05, 0) is 18.2 Å². The van der Waals surface area contributed by atoms with Gasteiger partial charge in [-0.3, -0.25) is 0 Å². The first-order valence-corrected chi connectivity index (χ1v) is 5.60. The van der Waals surface area contributed by atoms with E-state index >= 15 is 0 Å². The molecule has 2 nitrogen and oxygen atoms in total. The lowest BCUT2D eigenvalue weighted by Gasteiger charge is -1.98. The Bertz CT molecular complexity index is 575. The molecule has 0 unspecified atom stereocenters. The summed E-state index contributed by atoms with van der Waals surface area (Å²) in [6.07, 6.45) is 3.66. The molecule has 2 aromatic rings. The lowest BCUT2D eigenvalue weighted by molar-refractivity contribution is 0.606. The third-order valence-electron chi connectivity index (χ3n) is 2.98. The van der Waals surface area contributed by atoms with Crippen LogP contribution in [0.3, 0.4) is 0 Å². The average molecular weight is 262 g/mol. The largest absolute Gasteiger partial charge is 0.464 e. The van der Waals surface area contributed by atoms with Gasteiger partial charge in [-0.2, -0.15) is 0 Å². The third-order valence-corrected chi connectivity index (χ3v) is 3.47. The second kappa shape index (κ2) is 2.86. The molecule has 0 radical (unpaired) electrons. The highest BCUT2D eigenvalue weighted by atomic mass is 79.9. The van der Waals surface area contributed by atoms with Crippen LogP contribution < -0.4 is 0 Å². The number of fused-ring (bicyclic) bond motifs is 1. The van der Waals surface area contributed by atoms with Gasteiger partial charge in [0, 0.05) is 22.7 Å². The van der Waals surface area contributed by atoms with Crippen LogP contribution >= 0.6 is 15.9 Å². The van der Waals surface area contributed by atoms with Crippen molar-refractivity contribution in [3.8, 4) is 0 Å². The first-order valence-electron chi connectivity index (χ1n) is 4.81. The van der Waals surface area contributed by atoms with Crippen LogP contribution in [0.5, 0.6) is 0 Å². The molecule has 1 aromatic heterocycles. The van der Waals surface area contributed by atoms with Crippen LogP contribution in [0.15, 0.2) is 33.4 Å². The van der Waals surface area contributed by atoms with Gasteiger partial charge in [0.15, 0.2) is 0 Å². The molecule has 1 fully saturated rings. The summed E-state index contributed by atoms with van der Waals surface area (Å²) in [5.41, 5.74) is 1.63. The molecular weight excluding hydrogens is 254 g/mol. The van der Waals surface area contributed by atoms with Gasteiger partial charge < -0.3 is 9.26 Å². The fourth-order valence-electron chi connectivity index (χ4n) is 1.92. The Kier molecular flexibility index (Phi) is 1.72. The summed E-state index contributed by atoms with van der Waals surface area (Å²) in [4.78, 5) is 3.72. The van der Waals surface area contributed by atoms with Crippen molar-refractivity contribution in [1.82, 2.24) is 0 Å². The summed E-state index contributed by atoms with van der Waals surface area (Å²) in [7, 11) is 0. The van der Waals surface area contributed by atoms with Crippen molar-refractivity contribution in [3.63, 3.8) is 0 Å². The van der Waals surface area contributed by atoms with Gasteiger partial charge in [0.2, 0.25) is 0 Å². The smallest absolute Gasteiger partial charge is 0.261 e. The minimum atomic E-state index is -0.279. The highest BCUT2D eigenvalue weighted by molar-refractivity contribution is 9.10. The van der Waals surface area contributed by atoms with Gasteiger partial charge >= 0.3 is 0 Å². The summed E-state index contributed by atoms with van der Waals surface area (Å²) in [5.74, 6) is 0. The summed E-state index contributed by atoms with van der Waals surface area (Å²) in [5, 5.41) is 1.08. The molecule has 0 amide bonds. The van der Waals surface area contributed by atoms with Crippen LogP contribution in [-0.2, 0) is 5.54 Å². The molecule has 3 heteroatoms. The first-order chi connectivity index (χ1) is 7.25. The van der Waals surface area contributed by atoms with Gasteiger partial charge in [-0.1, -0.05) is 15.9 Å². The van der Waals surface area contributed by atoms with E-state index in [1.54, 1.807) is 6.26 Å². The van der Waals surface area contributed by atoms with Gasteiger partial charge in [0.25, 0.3) is 5.54 Å². The summed E-state index contributed by atoms with van der Waals surface area (Å²) in [6.45, 7) is 7.24. The van der Waals surface area contributed by atoms with Crippen molar-refractivity contribution >= 4 is 26.9 Å². The number of rotatable bonds is 1. The number of hydrogen-bond acceptors (Lipinski definition) is 1. The molecule has 0 spiro atoms. The Morgan fingerprint density at radius 3 is 2.87 bits per heavy atom. The maximum Gasteiger partial charge on any atom is 0.261 e. The Hall–Kier alpha value is -1.27. The van der Waals surface area contributed by atoms with Crippen LogP contribution in [0.2, 0.25) is 0 Å². The average Bonchev–Trinajstić information content (AvgIpc) is 2.93. The van der Waals surface area contributed by atoms with E-state index in [2.05, 4.69) is 20.8 Å². The Morgan fingerprint density at radius 1 is 1.40 bits per heavy atom. The van der Waals surface area contributed by atoms with E-state index in [1.807, 2.05) is 18.2 Å². The predicted molar refractivity (Wildman–Crippen MR) is 61.4 cm³/mol.